The molecule has 0 fully saturated rings. The fraction of sp³-hybridized carbons (Fsp3) is 0.385. The molecule has 0 spiro atoms. The molecule has 10 heteroatoms. The first-order valence-corrected chi connectivity index (χ1v) is 13.4. The van der Waals surface area contributed by atoms with Crippen LogP contribution in [0.5, 0.6) is 0 Å². The number of allylic oxidation sites excluding steroid dienone is 3. The Kier molecular flexibility index (Phi) is 9.85. The van der Waals surface area contributed by atoms with Crippen LogP contribution in [0.2, 0.25) is 0 Å². The average Bonchev–Trinajstić information content (AvgIpc) is 3.42. The molecule has 2 heterocycles. The number of hydrogen-bond donors (Lipinski definition) is 2. The van der Waals surface area contributed by atoms with Crippen molar-refractivity contribution in [3.63, 3.8) is 0 Å². The van der Waals surface area contributed by atoms with E-state index in [1.165, 1.54) is 22.7 Å². The van der Waals surface area contributed by atoms with Gasteiger partial charge in [0.05, 0.1) is 29.4 Å². The molecular weight excluding hydrogens is 496 g/mol. The van der Waals surface area contributed by atoms with Gasteiger partial charge in [0.25, 0.3) is 0 Å². The van der Waals surface area contributed by atoms with Crippen LogP contribution in [0.1, 0.15) is 52.9 Å². The molecule has 0 aliphatic heterocycles. The molecule has 1 aliphatic rings. The van der Waals surface area contributed by atoms with Crippen LogP contribution in [-0.4, -0.2) is 29.7 Å². The minimum atomic E-state index is -0.489. The standard InChI is InChI=1S/C26H30N4O4S2/c1-5-7-22(33-6-2)16(3)8-11-24(31)30-25-21(13-27)20-10-9-19(12-23(20)36-25)34-26(32)28-14-18-15-35-17(4)29-18/h5,7,15,19H,1,3,6,8-12,14H2,2,4H3,(H,28,32)(H,30,31)/b22-7+. The highest BCUT2D eigenvalue weighted by molar-refractivity contribution is 7.16. The first-order chi connectivity index (χ1) is 17.3. The summed E-state index contributed by atoms with van der Waals surface area (Å²) in [5.41, 5.74) is 2.92. The molecule has 8 nitrogen and oxygen atoms in total. The van der Waals surface area contributed by atoms with Crippen LogP contribution in [-0.2, 0) is 33.7 Å². The second-order valence-corrected chi connectivity index (χ2v) is 10.3. The van der Waals surface area contributed by atoms with Gasteiger partial charge in [0.1, 0.15) is 22.9 Å². The minimum Gasteiger partial charge on any atom is -0.494 e. The fourth-order valence-electron chi connectivity index (χ4n) is 3.82. The molecule has 2 N–H and O–H groups in total. The van der Waals surface area contributed by atoms with E-state index >= 15 is 0 Å². The van der Waals surface area contributed by atoms with Crippen molar-refractivity contribution in [3.05, 3.63) is 68.7 Å². The zero-order chi connectivity index (χ0) is 26.1. The van der Waals surface area contributed by atoms with Gasteiger partial charge in [-0.25, -0.2) is 9.78 Å². The number of alkyl carbamates (subject to hydrolysis) is 1. The summed E-state index contributed by atoms with van der Waals surface area (Å²) in [7, 11) is 0. The number of carbonyl (C=O) groups excluding carboxylic acids is 2. The lowest BCUT2D eigenvalue weighted by Gasteiger charge is -2.22. The smallest absolute Gasteiger partial charge is 0.407 e. The van der Waals surface area contributed by atoms with Gasteiger partial charge in [-0.3, -0.25) is 4.79 Å². The van der Waals surface area contributed by atoms with Gasteiger partial charge in [-0.2, -0.15) is 5.26 Å². The fourth-order valence-corrected chi connectivity index (χ4v) is 5.71. The highest BCUT2D eigenvalue weighted by Crippen LogP contribution is 2.38. The number of nitrogens with zero attached hydrogens (tertiary/aromatic N) is 2. The molecule has 190 valence electrons. The van der Waals surface area contributed by atoms with Crippen molar-refractivity contribution in [2.24, 2.45) is 0 Å². The number of thiophene rings is 1. The summed E-state index contributed by atoms with van der Waals surface area (Å²) >= 11 is 2.90. The quantitative estimate of drug-likeness (QED) is 0.293. The number of nitriles is 1. The first kappa shape index (κ1) is 27.2. The molecule has 0 bridgehead atoms. The Hall–Kier alpha value is -3.42. The van der Waals surface area contributed by atoms with Crippen molar-refractivity contribution in [2.45, 2.75) is 58.6 Å². The van der Waals surface area contributed by atoms with E-state index in [2.05, 4.69) is 34.8 Å². The Labute approximate surface area is 219 Å². The molecule has 2 aromatic heterocycles. The van der Waals surface area contributed by atoms with E-state index in [0.717, 1.165) is 21.1 Å². The minimum absolute atomic E-state index is 0.204. The Balaban J connectivity index is 1.55. The van der Waals surface area contributed by atoms with E-state index < -0.39 is 6.09 Å². The summed E-state index contributed by atoms with van der Waals surface area (Å²) in [6, 6.07) is 2.23. The number of nitrogens with one attached hydrogen (secondary N) is 2. The zero-order valence-electron chi connectivity index (χ0n) is 20.5. The normalized spacial score (nSPS) is 14.8. The van der Waals surface area contributed by atoms with E-state index in [9.17, 15) is 14.9 Å². The van der Waals surface area contributed by atoms with Gasteiger partial charge >= 0.3 is 6.09 Å². The molecule has 3 rings (SSSR count). The number of hydrogen-bond acceptors (Lipinski definition) is 8. The van der Waals surface area contributed by atoms with Crippen molar-refractivity contribution in [1.82, 2.24) is 10.3 Å². The van der Waals surface area contributed by atoms with Gasteiger partial charge in [-0.1, -0.05) is 19.2 Å². The predicted molar refractivity (Wildman–Crippen MR) is 142 cm³/mol. The first-order valence-electron chi connectivity index (χ1n) is 11.7. The van der Waals surface area contributed by atoms with E-state index in [1.54, 1.807) is 12.2 Å². The SMILES string of the molecule is C=C/C=C(/OCC)C(=C)CCC(=O)Nc1sc2c(c1C#N)CCC(OC(=O)NCc1csc(C)n1)C2. The lowest BCUT2D eigenvalue weighted by Crippen LogP contribution is -2.31. The maximum atomic E-state index is 12.6. The van der Waals surface area contributed by atoms with Gasteiger partial charge < -0.3 is 20.1 Å². The summed E-state index contributed by atoms with van der Waals surface area (Å²) in [4.78, 5) is 30.1. The lowest BCUT2D eigenvalue weighted by molar-refractivity contribution is -0.116. The highest BCUT2D eigenvalue weighted by atomic mass is 32.1. The third-order valence-electron chi connectivity index (χ3n) is 5.51. The monoisotopic (exact) mass is 526 g/mol. The van der Waals surface area contributed by atoms with E-state index in [1.807, 2.05) is 19.2 Å². The molecule has 0 saturated carbocycles. The second-order valence-electron chi connectivity index (χ2n) is 8.15. The van der Waals surface area contributed by atoms with Gasteiger partial charge in [0, 0.05) is 23.1 Å². The van der Waals surface area contributed by atoms with Crippen LogP contribution in [0.4, 0.5) is 9.80 Å². The Morgan fingerprint density at radius 3 is 2.86 bits per heavy atom. The number of aromatic nitrogens is 1. The molecular formula is C26H30N4O4S2. The van der Waals surface area contributed by atoms with Crippen molar-refractivity contribution in [1.29, 1.82) is 5.26 Å². The van der Waals surface area contributed by atoms with Crippen LogP contribution in [0.15, 0.2) is 42.0 Å². The Morgan fingerprint density at radius 1 is 1.39 bits per heavy atom. The van der Waals surface area contributed by atoms with Crippen LogP contribution in [0.3, 0.4) is 0 Å². The van der Waals surface area contributed by atoms with Crippen LogP contribution >= 0.6 is 22.7 Å². The summed E-state index contributed by atoms with van der Waals surface area (Å²) in [6.07, 6.45) is 4.92. The van der Waals surface area contributed by atoms with Crippen molar-refractivity contribution >= 4 is 39.7 Å². The van der Waals surface area contributed by atoms with Crippen LogP contribution in [0, 0.1) is 18.3 Å². The second kappa shape index (κ2) is 13.0. The lowest BCUT2D eigenvalue weighted by atomic mass is 9.94. The number of fused-ring (bicyclic) bond motifs is 1. The van der Waals surface area contributed by atoms with E-state index in [-0.39, 0.29) is 18.4 Å². The average molecular weight is 527 g/mol. The molecule has 1 aliphatic carbocycles. The zero-order valence-corrected chi connectivity index (χ0v) is 22.2. The number of thiazole rings is 1. The van der Waals surface area contributed by atoms with Crippen LogP contribution < -0.4 is 10.6 Å². The van der Waals surface area contributed by atoms with Crippen molar-refractivity contribution < 1.29 is 19.1 Å². The molecule has 0 saturated heterocycles. The van der Waals surface area contributed by atoms with Gasteiger partial charge in [-0.05, 0) is 50.3 Å². The van der Waals surface area contributed by atoms with Gasteiger partial charge in [-0.15, -0.1) is 22.7 Å². The molecule has 2 amide bonds. The number of amides is 2. The largest absolute Gasteiger partial charge is 0.494 e. The van der Waals surface area contributed by atoms with E-state index in [0.29, 0.717) is 60.7 Å². The maximum Gasteiger partial charge on any atom is 0.407 e. The molecule has 36 heavy (non-hydrogen) atoms. The number of anilines is 1. The highest BCUT2D eigenvalue weighted by Gasteiger charge is 2.28. The summed E-state index contributed by atoms with van der Waals surface area (Å²) in [5.74, 6) is 0.409. The molecule has 0 radical (unpaired) electrons. The Bertz CT molecular complexity index is 1210. The number of rotatable bonds is 11. The predicted octanol–water partition coefficient (Wildman–Crippen LogP) is 5.55. The third-order valence-corrected chi connectivity index (χ3v) is 7.50. The topological polar surface area (TPSA) is 113 Å². The Morgan fingerprint density at radius 2 is 2.19 bits per heavy atom. The number of aryl methyl sites for hydroxylation is 1. The maximum absolute atomic E-state index is 12.6. The van der Waals surface area contributed by atoms with Gasteiger partial charge in [0.2, 0.25) is 5.91 Å². The number of carbonyl (C=O) groups is 2. The van der Waals surface area contributed by atoms with Crippen LogP contribution in [0.25, 0.3) is 0 Å². The third kappa shape index (κ3) is 7.29. The van der Waals surface area contributed by atoms with Crippen molar-refractivity contribution in [2.75, 3.05) is 11.9 Å². The summed E-state index contributed by atoms with van der Waals surface area (Å²) < 4.78 is 11.1. The van der Waals surface area contributed by atoms with Gasteiger partial charge in [0.15, 0.2) is 0 Å². The number of ether oxygens (including phenoxy) is 2. The van der Waals surface area contributed by atoms with E-state index in [4.69, 9.17) is 9.47 Å². The molecule has 1 unspecified atom stereocenters. The summed E-state index contributed by atoms with van der Waals surface area (Å²) in [5, 5.41) is 18.7. The summed E-state index contributed by atoms with van der Waals surface area (Å²) in [6.45, 7) is 12.3. The molecule has 1 atom stereocenters. The molecule has 2 aromatic rings. The van der Waals surface area contributed by atoms with Crippen molar-refractivity contribution in [3.8, 4) is 6.07 Å². The molecule has 0 aromatic carbocycles.